The van der Waals surface area contributed by atoms with Gasteiger partial charge in [0.25, 0.3) is 5.91 Å². The fraction of sp³-hybridized carbons (Fsp3) is 0.533. The topological polar surface area (TPSA) is 46.1 Å². The summed E-state index contributed by atoms with van der Waals surface area (Å²) < 4.78 is 2.17. The maximum absolute atomic E-state index is 12.2. The van der Waals surface area contributed by atoms with Crippen LogP contribution >= 0.6 is 0 Å². The van der Waals surface area contributed by atoms with Crippen molar-refractivity contribution in [2.75, 3.05) is 19.6 Å². The van der Waals surface area contributed by atoms with Crippen molar-refractivity contribution in [1.82, 2.24) is 15.2 Å². The van der Waals surface area contributed by atoms with Gasteiger partial charge in [-0.15, -0.1) is 0 Å². The van der Waals surface area contributed by atoms with Gasteiger partial charge in [-0.3, -0.25) is 4.79 Å². The third kappa shape index (κ3) is 3.07. The number of amides is 1. The zero-order valence-electron chi connectivity index (χ0n) is 12.0. The van der Waals surface area contributed by atoms with Crippen molar-refractivity contribution >= 4 is 5.91 Å². The molecule has 2 rings (SSSR count). The molecule has 2 N–H and O–H groups in total. The largest absolute Gasteiger partial charge is 0.349 e. The van der Waals surface area contributed by atoms with Crippen LogP contribution in [0.1, 0.15) is 35.1 Å². The van der Waals surface area contributed by atoms with Crippen LogP contribution in [0, 0.1) is 13.8 Å². The third-order valence-electron chi connectivity index (χ3n) is 3.77. The molecule has 1 amide bonds. The quantitative estimate of drug-likeness (QED) is 0.812. The average molecular weight is 261 g/mol. The standard InChI is InChI=1S/C15H23N3O/c1-4-18-11(2)9-14(12(18)3)15(19)17-10-13-5-7-16-8-6-13/h5,9,16H,4,6-8,10H2,1-3H3,(H,17,19). The molecule has 1 aliphatic heterocycles. The van der Waals surface area contributed by atoms with Crippen LogP contribution in [0.15, 0.2) is 17.7 Å². The van der Waals surface area contributed by atoms with E-state index >= 15 is 0 Å². The number of rotatable bonds is 4. The number of carbonyl (C=O) groups excluding carboxylic acids is 1. The van der Waals surface area contributed by atoms with E-state index in [1.54, 1.807) is 0 Å². The summed E-state index contributed by atoms with van der Waals surface area (Å²) in [6.45, 7) is 9.64. The Labute approximate surface area is 114 Å². The molecule has 0 saturated heterocycles. The van der Waals surface area contributed by atoms with E-state index in [1.807, 2.05) is 19.9 Å². The Morgan fingerprint density at radius 1 is 1.47 bits per heavy atom. The summed E-state index contributed by atoms with van der Waals surface area (Å²) in [4.78, 5) is 12.2. The fourth-order valence-electron chi connectivity index (χ4n) is 2.64. The van der Waals surface area contributed by atoms with Crippen LogP contribution in [0.5, 0.6) is 0 Å². The second-order valence-corrected chi connectivity index (χ2v) is 5.03. The minimum atomic E-state index is 0.0345. The molecule has 1 aliphatic rings. The summed E-state index contributed by atoms with van der Waals surface area (Å²) in [6, 6.07) is 1.98. The summed E-state index contributed by atoms with van der Waals surface area (Å²) in [5, 5.41) is 6.29. The number of nitrogens with zero attached hydrogens (tertiary/aromatic N) is 1. The normalized spacial score (nSPS) is 15.2. The van der Waals surface area contributed by atoms with Crippen molar-refractivity contribution in [3.8, 4) is 0 Å². The molecule has 1 aromatic heterocycles. The second kappa shape index (κ2) is 6.06. The van der Waals surface area contributed by atoms with Crippen LogP contribution in [0.2, 0.25) is 0 Å². The highest BCUT2D eigenvalue weighted by atomic mass is 16.1. The lowest BCUT2D eigenvalue weighted by Crippen LogP contribution is -2.29. The molecule has 2 heterocycles. The first kappa shape index (κ1) is 13.9. The number of hydrogen-bond donors (Lipinski definition) is 2. The van der Waals surface area contributed by atoms with Crippen molar-refractivity contribution < 1.29 is 4.79 Å². The van der Waals surface area contributed by atoms with E-state index in [0.717, 1.165) is 43.0 Å². The lowest BCUT2D eigenvalue weighted by atomic mass is 10.1. The van der Waals surface area contributed by atoms with Gasteiger partial charge in [0.1, 0.15) is 0 Å². The van der Waals surface area contributed by atoms with Crippen molar-refractivity contribution in [1.29, 1.82) is 0 Å². The van der Waals surface area contributed by atoms with Crippen molar-refractivity contribution in [2.45, 2.75) is 33.7 Å². The monoisotopic (exact) mass is 261 g/mol. The van der Waals surface area contributed by atoms with Gasteiger partial charge in [0.05, 0.1) is 5.56 Å². The van der Waals surface area contributed by atoms with E-state index in [2.05, 4.69) is 28.2 Å². The summed E-state index contributed by atoms with van der Waals surface area (Å²) in [6.07, 6.45) is 3.19. The Morgan fingerprint density at radius 3 is 2.84 bits per heavy atom. The van der Waals surface area contributed by atoms with E-state index in [4.69, 9.17) is 0 Å². The van der Waals surface area contributed by atoms with Gasteiger partial charge in [0.15, 0.2) is 0 Å². The molecule has 0 saturated carbocycles. The summed E-state index contributed by atoms with van der Waals surface area (Å²) >= 11 is 0. The Hall–Kier alpha value is -1.55. The van der Waals surface area contributed by atoms with E-state index < -0.39 is 0 Å². The first-order chi connectivity index (χ1) is 9.13. The van der Waals surface area contributed by atoms with E-state index in [9.17, 15) is 4.79 Å². The van der Waals surface area contributed by atoms with Crippen molar-refractivity contribution in [2.24, 2.45) is 0 Å². The molecule has 0 radical (unpaired) electrons. The predicted octanol–water partition coefficient (Wildman–Crippen LogP) is 1.77. The molecule has 4 nitrogen and oxygen atoms in total. The lowest BCUT2D eigenvalue weighted by Gasteiger charge is -2.14. The zero-order valence-corrected chi connectivity index (χ0v) is 12.0. The molecule has 0 unspecified atom stereocenters. The van der Waals surface area contributed by atoms with Crippen LogP contribution in [-0.2, 0) is 6.54 Å². The summed E-state index contributed by atoms with van der Waals surface area (Å²) in [7, 11) is 0. The molecular formula is C15H23N3O. The molecule has 4 heteroatoms. The van der Waals surface area contributed by atoms with E-state index in [-0.39, 0.29) is 5.91 Å². The minimum Gasteiger partial charge on any atom is -0.349 e. The molecule has 0 bridgehead atoms. The highest BCUT2D eigenvalue weighted by Gasteiger charge is 2.15. The van der Waals surface area contributed by atoms with Crippen LogP contribution in [0.4, 0.5) is 0 Å². The van der Waals surface area contributed by atoms with Gasteiger partial charge >= 0.3 is 0 Å². The van der Waals surface area contributed by atoms with Gasteiger partial charge in [-0.1, -0.05) is 11.6 Å². The van der Waals surface area contributed by atoms with Crippen molar-refractivity contribution in [3.63, 3.8) is 0 Å². The third-order valence-corrected chi connectivity index (χ3v) is 3.77. The molecule has 0 aromatic carbocycles. The van der Waals surface area contributed by atoms with Gasteiger partial charge < -0.3 is 15.2 Å². The van der Waals surface area contributed by atoms with Gasteiger partial charge in [-0.2, -0.15) is 0 Å². The van der Waals surface area contributed by atoms with Crippen LogP contribution in [-0.4, -0.2) is 30.1 Å². The van der Waals surface area contributed by atoms with Gasteiger partial charge in [0.2, 0.25) is 0 Å². The van der Waals surface area contributed by atoms with Crippen LogP contribution in [0.25, 0.3) is 0 Å². The molecular weight excluding hydrogens is 238 g/mol. The number of carbonyl (C=O) groups is 1. The predicted molar refractivity (Wildman–Crippen MR) is 77.5 cm³/mol. The van der Waals surface area contributed by atoms with Gasteiger partial charge in [-0.05, 0) is 39.8 Å². The molecule has 19 heavy (non-hydrogen) atoms. The summed E-state index contributed by atoms with van der Waals surface area (Å²) in [5.74, 6) is 0.0345. The Balaban J connectivity index is 2.02. The highest BCUT2D eigenvalue weighted by molar-refractivity contribution is 5.95. The molecule has 104 valence electrons. The van der Waals surface area contributed by atoms with Gasteiger partial charge in [0, 0.05) is 31.0 Å². The number of nitrogens with one attached hydrogen (secondary N) is 2. The molecule has 0 atom stereocenters. The Bertz CT molecular complexity index is 500. The first-order valence-electron chi connectivity index (χ1n) is 6.97. The number of aryl methyl sites for hydroxylation is 1. The van der Waals surface area contributed by atoms with Crippen LogP contribution in [0.3, 0.4) is 0 Å². The Kier molecular flexibility index (Phi) is 4.43. The van der Waals surface area contributed by atoms with Gasteiger partial charge in [-0.25, -0.2) is 0 Å². The molecule has 0 fully saturated rings. The second-order valence-electron chi connectivity index (χ2n) is 5.03. The first-order valence-corrected chi connectivity index (χ1v) is 6.97. The zero-order chi connectivity index (χ0) is 13.8. The maximum atomic E-state index is 12.2. The van der Waals surface area contributed by atoms with E-state index in [0.29, 0.717) is 6.54 Å². The molecule has 0 spiro atoms. The maximum Gasteiger partial charge on any atom is 0.253 e. The number of aromatic nitrogens is 1. The van der Waals surface area contributed by atoms with Crippen molar-refractivity contribution in [3.05, 3.63) is 34.7 Å². The minimum absolute atomic E-state index is 0.0345. The number of hydrogen-bond acceptors (Lipinski definition) is 2. The Morgan fingerprint density at radius 2 is 2.26 bits per heavy atom. The van der Waals surface area contributed by atoms with Crippen LogP contribution < -0.4 is 10.6 Å². The molecule has 1 aromatic rings. The highest BCUT2D eigenvalue weighted by Crippen LogP contribution is 2.15. The summed E-state index contributed by atoms with van der Waals surface area (Å²) in [5.41, 5.74) is 4.31. The average Bonchev–Trinajstić information content (AvgIpc) is 2.72. The molecule has 0 aliphatic carbocycles. The fourth-order valence-corrected chi connectivity index (χ4v) is 2.64. The lowest BCUT2D eigenvalue weighted by molar-refractivity contribution is 0.0956. The smallest absolute Gasteiger partial charge is 0.253 e. The van der Waals surface area contributed by atoms with E-state index in [1.165, 1.54) is 5.57 Å². The SMILES string of the molecule is CCn1c(C)cc(C(=O)NCC2=CCNCC2)c1C.